The topological polar surface area (TPSA) is 300 Å². The maximum atomic E-state index is 12.1. The second-order valence-electron chi connectivity index (χ2n) is 24.4. The van der Waals surface area contributed by atoms with E-state index in [1.54, 1.807) is 89.9 Å². The number of anilines is 9. The van der Waals surface area contributed by atoms with Crippen LogP contribution in [-0.4, -0.2) is 187 Å². The van der Waals surface area contributed by atoms with Crippen LogP contribution in [0.4, 0.5) is 52.0 Å². The number of carbonyl (C=O) groups excluding carboxylic acids is 3. The van der Waals surface area contributed by atoms with E-state index in [2.05, 4.69) is 96.7 Å². The van der Waals surface area contributed by atoms with Crippen molar-refractivity contribution in [2.75, 3.05) is 128 Å². The normalized spacial score (nSPS) is 11.0. The van der Waals surface area contributed by atoms with Crippen LogP contribution in [0.2, 0.25) is 0 Å². The lowest BCUT2D eigenvalue weighted by atomic mass is 10.0. The van der Waals surface area contributed by atoms with Crippen LogP contribution in [0, 0.1) is 0 Å². The van der Waals surface area contributed by atoms with Crippen molar-refractivity contribution in [1.82, 2.24) is 73.6 Å². The summed E-state index contributed by atoms with van der Waals surface area (Å²) in [6.07, 6.45) is 17.8. The first-order valence-corrected chi connectivity index (χ1v) is 34.6. The molecule has 3 amide bonds. The molecular formula is C77H85N21O7S. The fraction of sp³-hybridized carbons (Fsp3) is 0.221. The molecule has 0 aliphatic rings. The SMILES string of the molecule is C=CC(=O)Nc1cc(Nc2nccc(-c3c4ccccc4nn3C)n2)c(OC)cc1OCCN(C)C.C=CC(=O)Nc1cc(Nc2nccc(-c3cnn4ccccc34)n2)c(OC)cc1CCCN(C)C.C=CC(=O)Nc1cc(Nc2nccc(-c3cnn4ccccc34)n2)c(OC)cc1SCCN(C)C. The van der Waals surface area contributed by atoms with Crippen LogP contribution in [0.25, 0.3) is 55.8 Å². The largest absolute Gasteiger partial charge is 0.495 e. The number of hydrogen-bond donors (Lipinski definition) is 6. The fourth-order valence-corrected chi connectivity index (χ4v) is 12.0. The van der Waals surface area contributed by atoms with Gasteiger partial charge >= 0.3 is 0 Å². The maximum Gasteiger partial charge on any atom is 0.247 e. The summed E-state index contributed by atoms with van der Waals surface area (Å²) in [7, 11) is 18.7. The minimum atomic E-state index is -0.357. The number of pyridine rings is 2. The summed E-state index contributed by atoms with van der Waals surface area (Å²) < 4.78 is 28.2. The average molecular weight is 1450 g/mol. The zero-order valence-corrected chi connectivity index (χ0v) is 61.6. The van der Waals surface area contributed by atoms with Gasteiger partial charge in [0.25, 0.3) is 0 Å². The summed E-state index contributed by atoms with van der Waals surface area (Å²) in [4.78, 5) is 70.6. The Balaban J connectivity index is 0.000000170. The number of ether oxygens (including phenoxy) is 4. The van der Waals surface area contributed by atoms with E-state index in [0.29, 0.717) is 93.8 Å². The van der Waals surface area contributed by atoms with Gasteiger partial charge in [0.05, 0.1) is 101 Å². The molecule has 8 heterocycles. The average Bonchev–Trinajstić information content (AvgIpc) is 1.61. The van der Waals surface area contributed by atoms with Crippen LogP contribution in [0.15, 0.2) is 201 Å². The van der Waals surface area contributed by atoms with Crippen molar-refractivity contribution >= 4 is 103 Å². The lowest BCUT2D eigenvalue weighted by Gasteiger charge is -2.18. The van der Waals surface area contributed by atoms with Crippen molar-refractivity contribution in [3.05, 3.63) is 202 Å². The molecule has 0 aliphatic carbocycles. The lowest BCUT2D eigenvalue weighted by molar-refractivity contribution is -0.112. The molecule has 0 saturated heterocycles. The van der Waals surface area contributed by atoms with Gasteiger partial charge in [-0.3, -0.25) is 19.1 Å². The van der Waals surface area contributed by atoms with Gasteiger partial charge in [0.15, 0.2) is 0 Å². The van der Waals surface area contributed by atoms with E-state index < -0.39 is 0 Å². The van der Waals surface area contributed by atoms with E-state index in [1.165, 1.54) is 18.2 Å². The van der Waals surface area contributed by atoms with Crippen molar-refractivity contribution in [2.45, 2.75) is 17.7 Å². The molecule has 12 aromatic rings. The quantitative estimate of drug-likeness (QED) is 0.0180. The third-order valence-corrected chi connectivity index (χ3v) is 17.1. The van der Waals surface area contributed by atoms with E-state index in [1.807, 2.05) is 170 Å². The number of thioether (sulfide) groups is 1. The lowest BCUT2D eigenvalue weighted by Crippen LogP contribution is -2.20. The second kappa shape index (κ2) is 36.5. The Morgan fingerprint density at radius 1 is 0.519 bits per heavy atom. The number of methoxy groups -OCH3 is 3. The third kappa shape index (κ3) is 19.8. The molecule has 0 aliphatic heterocycles. The number of amides is 3. The molecule has 4 aromatic carbocycles. The van der Waals surface area contributed by atoms with Crippen LogP contribution in [0.5, 0.6) is 23.0 Å². The molecule has 28 nitrogen and oxygen atoms in total. The maximum absolute atomic E-state index is 12.1. The van der Waals surface area contributed by atoms with E-state index >= 15 is 0 Å². The Hall–Kier alpha value is -12.6. The molecule has 0 radical (unpaired) electrons. The van der Waals surface area contributed by atoms with E-state index in [0.717, 1.165) is 92.3 Å². The van der Waals surface area contributed by atoms with Gasteiger partial charge in [0.1, 0.15) is 29.6 Å². The van der Waals surface area contributed by atoms with E-state index in [9.17, 15) is 14.4 Å². The van der Waals surface area contributed by atoms with Gasteiger partial charge in [-0.15, -0.1) is 11.8 Å². The molecule has 0 saturated carbocycles. The van der Waals surface area contributed by atoms with Crippen molar-refractivity contribution in [2.24, 2.45) is 7.05 Å². The number of benzene rings is 4. The smallest absolute Gasteiger partial charge is 0.247 e. The number of fused-ring (bicyclic) bond motifs is 3. The standard InChI is InChI=1S/C26H29N7O3.C26H29N7O2.C25H27N7O2S/c1-6-24(34)28-21-15-20(22(35-5)16-23(21)36-14-13-32(2)3)30-26-27-12-11-19(29-26)25-17-9-7-8-10-18(17)31-33(25)4;1-5-25(34)29-21-16-22(24(35-4)15-18(21)9-8-13-32(2)3)31-26-27-12-11-20(30-26)19-17-28-33-14-7-6-10-23(19)33;1-5-24(33)28-20-14-19(22(34-4)15-23(20)35-13-12-31(2)3)30-25-26-10-9-18(29-25)17-16-27-32-11-7-6-8-21(17)32/h6-12,15-16H,1,13-14H2,2-5H3,(H,28,34)(H,27,29,30);5-7,10-12,14-17H,1,8-9,13H2,2-4H3,(H,29,34)(H,27,30,31);5-11,14-16H,1,12-13H2,2-4H3,(H,28,33)(H,26,29,30). The number of hydrogen-bond acceptors (Lipinski definition) is 23. The summed E-state index contributed by atoms with van der Waals surface area (Å²) in [5, 5.41) is 32.6. The molecule has 6 N–H and O–H groups in total. The van der Waals surface area contributed by atoms with Gasteiger partial charge in [-0.1, -0.05) is 50.1 Å². The van der Waals surface area contributed by atoms with Crippen LogP contribution < -0.4 is 50.8 Å². The number of aryl methyl sites for hydroxylation is 2. The summed E-state index contributed by atoms with van der Waals surface area (Å²) in [6.45, 7) is 13.6. The molecule has 12 rings (SSSR count). The summed E-state index contributed by atoms with van der Waals surface area (Å²) in [5.41, 5.74) is 12.3. The van der Waals surface area contributed by atoms with Crippen molar-refractivity contribution < 1.29 is 33.3 Å². The van der Waals surface area contributed by atoms with Crippen LogP contribution in [0.3, 0.4) is 0 Å². The molecule has 0 spiro atoms. The molecule has 0 bridgehead atoms. The number of likely N-dealkylation sites (N-methyl/N-ethyl adjacent to an activating group) is 1. The summed E-state index contributed by atoms with van der Waals surface area (Å²) in [5.74, 6) is 3.31. The molecule has 29 heteroatoms. The van der Waals surface area contributed by atoms with Crippen molar-refractivity contribution in [3.8, 4) is 56.9 Å². The Kier molecular flexibility index (Phi) is 26.2. The van der Waals surface area contributed by atoms with Crippen molar-refractivity contribution in [1.29, 1.82) is 0 Å². The van der Waals surface area contributed by atoms with E-state index in [4.69, 9.17) is 28.9 Å². The highest BCUT2D eigenvalue weighted by molar-refractivity contribution is 7.99. The zero-order valence-electron chi connectivity index (χ0n) is 60.8. The molecule has 106 heavy (non-hydrogen) atoms. The van der Waals surface area contributed by atoms with Gasteiger partial charge in [0.2, 0.25) is 35.6 Å². The first-order valence-electron chi connectivity index (χ1n) is 33.6. The minimum Gasteiger partial charge on any atom is -0.495 e. The summed E-state index contributed by atoms with van der Waals surface area (Å²) >= 11 is 1.64. The fourth-order valence-electron chi connectivity index (χ4n) is 10.9. The molecule has 546 valence electrons. The molecule has 0 unspecified atom stereocenters. The van der Waals surface area contributed by atoms with Gasteiger partial charge in [-0.05, 0) is 164 Å². The Labute approximate surface area is 618 Å². The second-order valence-corrected chi connectivity index (χ2v) is 25.6. The predicted octanol–water partition coefficient (Wildman–Crippen LogP) is 12.3. The summed E-state index contributed by atoms with van der Waals surface area (Å²) in [6, 6.07) is 36.1. The Morgan fingerprint density at radius 2 is 0.991 bits per heavy atom. The Morgan fingerprint density at radius 3 is 1.53 bits per heavy atom. The zero-order chi connectivity index (χ0) is 75.2. The van der Waals surface area contributed by atoms with Gasteiger partial charge in [-0.2, -0.15) is 15.3 Å². The molecule has 8 aromatic heterocycles. The highest BCUT2D eigenvalue weighted by atomic mass is 32.2. The number of nitrogens with zero attached hydrogens (tertiary/aromatic N) is 15. The van der Waals surface area contributed by atoms with Gasteiger partial charge in [0, 0.05) is 90.0 Å². The number of carbonyl (C=O) groups is 3. The van der Waals surface area contributed by atoms with Gasteiger partial charge < -0.3 is 65.5 Å². The van der Waals surface area contributed by atoms with Gasteiger partial charge in [-0.25, -0.2) is 38.9 Å². The predicted molar refractivity (Wildman–Crippen MR) is 420 cm³/mol. The first kappa shape index (κ1) is 76.1. The molecule has 0 fully saturated rings. The third-order valence-electron chi connectivity index (χ3n) is 16.1. The Bertz CT molecular complexity index is 4890. The van der Waals surface area contributed by atoms with Crippen molar-refractivity contribution in [3.63, 3.8) is 0 Å². The van der Waals surface area contributed by atoms with Crippen LogP contribution >= 0.6 is 11.8 Å². The van der Waals surface area contributed by atoms with Crippen LogP contribution in [-0.2, 0) is 27.9 Å². The highest BCUT2D eigenvalue weighted by Crippen LogP contribution is 2.41. The molecular weight excluding hydrogens is 1360 g/mol. The number of aromatic nitrogens is 12. The number of rotatable bonds is 30. The monoisotopic (exact) mass is 1450 g/mol. The minimum absolute atomic E-state index is 0.277. The first-order chi connectivity index (χ1) is 51.3. The van der Waals surface area contributed by atoms with E-state index in [-0.39, 0.29) is 17.7 Å². The highest BCUT2D eigenvalue weighted by Gasteiger charge is 2.21. The molecule has 0 atom stereocenters. The van der Waals surface area contributed by atoms with Crippen LogP contribution in [0.1, 0.15) is 12.0 Å². The number of nitrogens with one attached hydrogen (secondary N) is 6.